The predicted octanol–water partition coefficient (Wildman–Crippen LogP) is 0.255. The Morgan fingerprint density at radius 1 is 1.14 bits per heavy atom. The van der Waals surface area contributed by atoms with Gasteiger partial charge in [-0.15, -0.1) is 0 Å². The Morgan fingerprint density at radius 3 is 2.21 bits per heavy atom. The van der Waals surface area contributed by atoms with E-state index in [1.807, 2.05) is 5.01 Å². The van der Waals surface area contributed by atoms with Crippen molar-refractivity contribution in [2.45, 2.75) is 25.7 Å². The van der Waals surface area contributed by atoms with Crippen molar-refractivity contribution in [1.82, 2.24) is 10.4 Å². The molecule has 1 saturated heterocycles. The van der Waals surface area contributed by atoms with Crippen molar-refractivity contribution in [3.63, 3.8) is 0 Å². The molecule has 0 bridgehead atoms. The Hall–Kier alpha value is -0.170. The van der Waals surface area contributed by atoms with Crippen LogP contribution in [0.3, 0.4) is 0 Å². The van der Waals surface area contributed by atoms with Gasteiger partial charge in [0.05, 0.1) is 5.75 Å². The molecule has 0 aromatic carbocycles. The number of nitrogens with one attached hydrogen (secondary N) is 1. The first-order valence-electron chi connectivity index (χ1n) is 5.01. The van der Waals surface area contributed by atoms with Crippen LogP contribution in [0.25, 0.3) is 0 Å². The molecule has 0 amide bonds. The lowest BCUT2D eigenvalue weighted by molar-refractivity contribution is 0.200. The molecule has 0 atom stereocenters. The average molecular weight is 222 g/mol. The zero-order valence-corrected chi connectivity index (χ0v) is 9.09. The van der Waals surface area contributed by atoms with Crippen molar-refractivity contribution in [2.24, 2.45) is 0 Å². The minimum Gasteiger partial charge on any atom is -0.286 e. The molecule has 0 aromatic rings. The van der Waals surface area contributed by atoms with E-state index in [9.17, 15) is 8.42 Å². The summed E-state index contributed by atoms with van der Waals surface area (Å²) in [5, 5.41) is 2.04. The fourth-order valence-electron chi connectivity index (χ4n) is 1.56. The minimum atomic E-state index is -3.82. The first kappa shape index (κ1) is 11.9. The van der Waals surface area contributed by atoms with E-state index >= 15 is 0 Å². The normalized spacial score (nSPS) is 20.6. The summed E-state index contributed by atoms with van der Waals surface area (Å²) in [6, 6.07) is 0. The molecule has 5 nitrogen and oxygen atoms in total. The highest BCUT2D eigenvalue weighted by Gasteiger charge is 2.09. The van der Waals surface area contributed by atoms with Gasteiger partial charge in [0.15, 0.2) is 0 Å². The van der Waals surface area contributed by atoms with Gasteiger partial charge in [0.2, 0.25) is 0 Å². The molecule has 0 saturated carbocycles. The van der Waals surface area contributed by atoms with Crippen LogP contribution in [0.4, 0.5) is 0 Å². The summed E-state index contributed by atoms with van der Waals surface area (Å²) in [7, 11) is -3.82. The molecule has 1 fully saturated rings. The van der Waals surface area contributed by atoms with Crippen molar-refractivity contribution in [1.29, 1.82) is 0 Å². The van der Waals surface area contributed by atoms with Crippen molar-refractivity contribution in [3.8, 4) is 0 Å². The summed E-state index contributed by atoms with van der Waals surface area (Å²) in [6.45, 7) is 2.22. The molecule has 1 rings (SSSR count). The molecule has 0 unspecified atom stereocenters. The monoisotopic (exact) mass is 222 g/mol. The Labute approximate surface area is 85.2 Å². The van der Waals surface area contributed by atoms with Gasteiger partial charge in [-0.25, -0.2) is 5.01 Å². The van der Waals surface area contributed by atoms with E-state index in [0.717, 1.165) is 25.9 Å². The Morgan fingerprint density at radius 2 is 1.71 bits per heavy atom. The van der Waals surface area contributed by atoms with Crippen molar-refractivity contribution in [3.05, 3.63) is 0 Å². The van der Waals surface area contributed by atoms with Crippen LogP contribution in [0.2, 0.25) is 0 Å². The molecule has 0 aliphatic carbocycles. The molecular formula is C8H18N2O3S. The molecule has 14 heavy (non-hydrogen) atoms. The zero-order valence-electron chi connectivity index (χ0n) is 8.28. The molecule has 2 N–H and O–H groups in total. The van der Waals surface area contributed by atoms with Crippen LogP contribution >= 0.6 is 0 Å². The van der Waals surface area contributed by atoms with Crippen molar-refractivity contribution < 1.29 is 13.0 Å². The van der Waals surface area contributed by atoms with Gasteiger partial charge in [0.1, 0.15) is 0 Å². The maximum Gasteiger partial charge on any atom is 0.266 e. The second-order valence-corrected chi connectivity index (χ2v) is 5.17. The second kappa shape index (κ2) is 5.65. The molecule has 6 heteroatoms. The summed E-state index contributed by atoms with van der Waals surface area (Å²) in [4.78, 5) is 0. The van der Waals surface area contributed by atoms with Crippen LogP contribution in [0.15, 0.2) is 0 Å². The van der Waals surface area contributed by atoms with Crippen LogP contribution in [0, 0.1) is 0 Å². The van der Waals surface area contributed by atoms with Crippen LogP contribution in [-0.4, -0.2) is 43.4 Å². The van der Waals surface area contributed by atoms with E-state index in [0.29, 0.717) is 6.54 Å². The molecule has 84 valence electrons. The van der Waals surface area contributed by atoms with Gasteiger partial charge < -0.3 is 0 Å². The smallest absolute Gasteiger partial charge is 0.266 e. The molecule has 1 heterocycles. The molecule has 1 aliphatic heterocycles. The first-order chi connectivity index (χ1) is 6.58. The topological polar surface area (TPSA) is 69.6 Å². The van der Waals surface area contributed by atoms with E-state index in [2.05, 4.69) is 5.43 Å². The minimum absolute atomic E-state index is 0.219. The predicted molar refractivity (Wildman–Crippen MR) is 54.5 cm³/mol. The van der Waals surface area contributed by atoms with Crippen LogP contribution < -0.4 is 5.43 Å². The van der Waals surface area contributed by atoms with Crippen molar-refractivity contribution >= 4 is 10.1 Å². The quantitative estimate of drug-likeness (QED) is 0.667. The van der Waals surface area contributed by atoms with Crippen LogP contribution in [0.1, 0.15) is 25.7 Å². The van der Waals surface area contributed by atoms with Gasteiger partial charge in [0, 0.05) is 19.6 Å². The van der Waals surface area contributed by atoms with E-state index in [1.165, 1.54) is 12.8 Å². The molecular weight excluding hydrogens is 204 g/mol. The number of hydrazine groups is 1. The van der Waals surface area contributed by atoms with E-state index in [1.54, 1.807) is 0 Å². The van der Waals surface area contributed by atoms with Gasteiger partial charge in [-0.05, 0) is 12.8 Å². The average Bonchev–Trinajstić information content (AvgIpc) is 2.30. The van der Waals surface area contributed by atoms with E-state index in [-0.39, 0.29) is 5.75 Å². The molecule has 0 aromatic heterocycles. The fraction of sp³-hybridized carbons (Fsp3) is 1.00. The third-order valence-corrected chi connectivity index (χ3v) is 3.02. The van der Waals surface area contributed by atoms with Gasteiger partial charge in [0.25, 0.3) is 10.1 Å². The summed E-state index contributed by atoms with van der Waals surface area (Å²) in [5.74, 6) is -0.219. The zero-order chi connectivity index (χ0) is 10.4. The Kier molecular flexibility index (Phi) is 4.80. The largest absolute Gasteiger partial charge is 0.286 e. The summed E-state index contributed by atoms with van der Waals surface area (Å²) >= 11 is 0. The number of nitrogens with zero attached hydrogens (tertiary/aromatic N) is 1. The molecule has 0 radical (unpaired) electrons. The van der Waals surface area contributed by atoms with Gasteiger partial charge in [-0.2, -0.15) is 8.42 Å². The lowest BCUT2D eigenvalue weighted by Crippen LogP contribution is -2.41. The maximum absolute atomic E-state index is 10.4. The maximum atomic E-state index is 10.4. The molecule has 1 aliphatic rings. The third kappa shape index (κ3) is 5.54. The number of hydrogen-bond donors (Lipinski definition) is 2. The highest BCUT2D eigenvalue weighted by molar-refractivity contribution is 7.85. The lowest BCUT2D eigenvalue weighted by atomic mass is 10.2. The van der Waals surface area contributed by atoms with E-state index in [4.69, 9.17) is 4.55 Å². The van der Waals surface area contributed by atoms with Crippen molar-refractivity contribution in [2.75, 3.05) is 25.4 Å². The Balaban J connectivity index is 2.16. The SMILES string of the molecule is O=S(=O)(O)CCNN1CCCCCC1. The standard InChI is InChI=1S/C8H18N2O3S/c11-14(12,13)8-5-9-10-6-3-1-2-4-7-10/h9H,1-8H2,(H,11,12,13). The fourth-order valence-corrected chi connectivity index (χ4v) is 1.91. The third-order valence-electron chi connectivity index (χ3n) is 2.30. The number of rotatable bonds is 4. The lowest BCUT2D eigenvalue weighted by Gasteiger charge is -2.20. The van der Waals surface area contributed by atoms with Gasteiger partial charge in [-0.3, -0.25) is 9.98 Å². The Bertz CT molecular complexity index is 245. The first-order valence-corrected chi connectivity index (χ1v) is 6.62. The molecule has 0 spiro atoms. The van der Waals surface area contributed by atoms with E-state index < -0.39 is 10.1 Å². The highest BCUT2D eigenvalue weighted by Crippen LogP contribution is 2.07. The second-order valence-electron chi connectivity index (χ2n) is 3.60. The van der Waals surface area contributed by atoms with Crippen LogP contribution in [0.5, 0.6) is 0 Å². The van der Waals surface area contributed by atoms with Gasteiger partial charge in [-0.1, -0.05) is 12.8 Å². The highest BCUT2D eigenvalue weighted by atomic mass is 32.2. The van der Waals surface area contributed by atoms with Crippen LogP contribution in [-0.2, 0) is 10.1 Å². The van der Waals surface area contributed by atoms with Gasteiger partial charge >= 0.3 is 0 Å². The summed E-state index contributed by atoms with van der Waals surface area (Å²) < 4.78 is 29.4. The summed E-state index contributed by atoms with van der Waals surface area (Å²) in [5.41, 5.74) is 3.01. The summed E-state index contributed by atoms with van der Waals surface area (Å²) in [6.07, 6.45) is 4.80. The number of hydrogen-bond acceptors (Lipinski definition) is 4.